The number of carbonyl (C=O) groups is 2. The number of nitrogens with one attached hydrogen (secondary N) is 1. The first-order valence-electron chi connectivity index (χ1n) is 13.0. The fourth-order valence-corrected chi connectivity index (χ4v) is 5.91. The highest BCUT2D eigenvalue weighted by atomic mass is 32.2. The Bertz CT molecular complexity index is 1080. The zero-order chi connectivity index (χ0) is 26.0. The van der Waals surface area contributed by atoms with Crippen LogP contribution in [0.1, 0.15) is 63.5 Å². The zero-order valence-corrected chi connectivity index (χ0v) is 22.3. The summed E-state index contributed by atoms with van der Waals surface area (Å²) >= 11 is 0. The quantitative estimate of drug-likeness (QED) is 0.408. The van der Waals surface area contributed by atoms with Crippen molar-refractivity contribution in [1.29, 1.82) is 0 Å². The van der Waals surface area contributed by atoms with Crippen LogP contribution in [0.4, 0.5) is 0 Å². The average Bonchev–Trinajstić information content (AvgIpc) is 3.45. The number of hydrogen-bond donors (Lipinski definition) is 1. The number of benzene rings is 2. The van der Waals surface area contributed by atoms with Crippen molar-refractivity contribution in [2.45, 2.75) is 76.3 Å². The van der Waals surface area contributed by atoms with Crippen LogP contribution in [0, 0.1) is 0 Å². The Balaban J connectivity index is 1.64. The van der Waals surface area contributed by atoms with Gasteiger partial charge >= 0.3 is 0 Å². The van der Waals surface area contributed by atoms with E-state index < -0.39 is 16.1 Å². The molecule has 1 aliphatic rings. The molecule has 2 aromatic rings. The minimum Gasteiger partial charge on any atom is -0.354 e. The summed E-state index contributed by atoms with van der Waals surface area (Å²) in [7, 11) is -3.45. The van der Waals surface area contributed by atoms with Gasteiger partial charge in [0.2, 0.25) is 21.8 Å². The summed E-state index contributed by atoms with van der Waals surface area (Å²) in [5.41, 5.74) is 1.85. The molecule has 196 valence electrons. The molecule has 2 amide bonds. The summed E-state index contributed by atoms with van der Waals surface area (Å²) in [6.07, 6.45) is 5.55. The molecule has 0 bridgehead atoms. The SMILES string of the molecule is CCCCCNC(=O)[C@H](C)N(Cc1ccccc1)C(=O)CCc1ccc(S(=O)(=O)N2CCCC2)cc1. The zero-order valence-electron chi connectivity index (χ0n) is 21.5. The Hall–Kier alpha value is -2.71. The van der Waals surface area contributed by atoms with Crippen molar-refractivity contribution in [2.75, 3.05) is 19.6 Å². The van der Waals surface area contributed by atoms with E-state index in [1.54, 1.807) is 36.1 Å². The van der Waals surface area contributed by atoms with E-state index in [2.05, 4.69) is 12.2 Å². The molecule has 7 nitrogen and oxygen atoms in total. The Labute approximate surface area is 215 Å². The first kappa shape index (κ1) is 27.9. The highest BCUT2D eigenvalue weighted by Gasteiger charge is 2.28. The van der Waals surface area contributed by atoms with Gasteiger partial charge < -0.3 is 10.2 Å². The van der Waals surface area contributed by atoms with Gasteiger partial charge in [0, 0.05) is 32.6 Å². The average molecular weight is 514 g/mol. The number of carbonyl (C=O) groups excluding carboxylic acids is 2. The maximum atomic E-state index is 13.3. The molecule has 0 spiro atoms. The van der Waals surface area contributed by atoms with E-state index in [4.69, 9.17) is 0 Å². The number of hydrogen-bond acceptors (Lipinski definition) is 4. The standard InChI is InChI=1S/C28H39N3O4S/c1-3-4-8-19-29-28(33)23(2)31(22-25-11-6-5-7-12-25)27(32)18-15-24-13-16-26(17-14-24)36(34,35)30-20-9-10-21-30/h5-7,11-14,16-17,23H,3-4,8-10,15,18-22H2,1-2H3,(H,29,33)/t23-/m0/s1. The molecule has 1 fully saturated rings. The summed E-state index contributed by atoms with van der Waals surface area (Å²) in [4.78, 5) is 28.0. The smallest absolute Gasteiger partial charge is 0.243 e. The number of amides is 2. The maximum absolute atomic E-state index is 13.3. The molecule has 1 atom stereocenters. The van der Waals surface area contributed by atoms with E-state index >= 15 is 0 Å². The molecule has 0 radical (unpaired) electrons. The lowest BCUT2D eigenvalue weighted by molar-refractivity contribution is -0.140. The minimum absolute atomic E-state index is 0.108. The predicted octanol–water partition coefficient (Wildman–Crippen LogP) is 4.13. The van der Waals surface area contributed by atoms with E-state index in [-0.39, 0.29) is 18.2 Å². The van der Waals surface area contributed by atoms with Gasteiger partial charge in [-0.15, -0.1) is 0 Å². The summed E-state index contributed by atoms with van der Waals surface area (Å²) < 4.78 is 27.0. The normalized spacial score (nSPS) is 14.9. The topological polar surface area (TPSA) is 86.8 Å². The van der Waals surface area contributed by atoms with Crippen LogP contribution in [0.15, 0.2) is 59.5 Å². The molecule has 0 aliphatic carbocycles. The lowest BCUT2D eigenvalue weighted by Gasteiger charge is -2.29. The molecule has 1 aliphatic heterocycles. The predicted molar refractivity (Wildman–Crippen MR) is 142 cm³/mol. The lowest BCUT2D eigenvalue weighted by Crippen LogP contribution is -2.47. The van der Waals surface area contributed by atoms with Gasteiger partial charge in [0.1, 0.15) is 6.04 Å². The minimum atomic E-state index is -3.45. The molecule has 8 heteroatoms. The van der Waals surface area contributed by atoms with Crippen molar-refractivity contribution in [2.24, 2.45) is 0 Å². The third-order valence-electron chi connectivity index (χ3n) is 6.70. The third-order valence-corrected chi connectivity index (χ3v) is 8.61. The van der Waals surface area contributed by atoms with Crippen LogP contribution in [0.5, 0.6) is 0 Å². The van der Waals surface area contributed by atoms with Crippen molar-refractivity contribution in [3.05, 3.63) is 65.7 Å². The van der Waals surface area contributed by atoms with Crippen molar-refractivity contribution >= 4 is 21.8 Å². The molecule has 36 heavy (non-hydrogen) atoms. The lowest BCUT2D eigenvalue weighted by atomic mass is 10.1. The monoisotopic (exact) mass is 513 g/mol. The van der Waals surface area contributed by atoms with Crippen LogP contribution < -0.4 is 5.32 Å². The van der Waals surface area contributed by atoms with Crippen LogP contribution in [0.3, 0.4) is 0 Å². The second-order valence-electron chi connectivity index (χ2n) is 9.44. The summed E-state index contributed by atoms with van der Waals surface area (Å²) in [6.45, 7) is 5.99. The van der Waals surface area contributed by atoms with Crippen LogP contribution in [-0.4, -0.2) is 55.1 Å². The highest BCUT2D eigenvalue weighted by molar-refractivity contribution is 7.89. The van der Waals surface area contributed by atoms with Gasteiger partial charge in [0.25, 0.3) is 0 Å². The van der Waals surface area contributed by atoms with Crippen molar-refractivity contribution in [3.8, 4) is 0 Å². The van der Waals surface area contributed by atoms with E-state index in [0.717, 1.165) is 43.2 Å². The van der Waals surface area contributed by atoms with E-state index in [1.807, 2.05) is 30.3 Å². The molecule has 1 saturated heterocycles. The van der Waals surface area contributed by atoms with Gasteiger partial charge in [-0.2, -0.15) is 4.31 Å². The van der Waals surface area contributed by atoms with Crippen molar-refractivity contribution < 1.29 is 18.0 Å². The number of sulfonamides is 1. The van der Waals surface area contributed by atoms with Gasteiger partial charge in [-0.1, -0.05) is 62.2 Å². The Morgan fingerprint density at radius 3 is 2.28 bits per heavy atom. The molecule has 0 aromatic heterocycles. The molecule has 1 heterocycles. The summed E-state index contributed by atoms with van der Waals surface area (Å²) in [5, 5.41) is 2.96. The molecule has 0 saturated carbocycles. The van der Waals surface area contributed by atoms with Crippen LogP contribution in [0.2, 0.25) is 0 Å². The van der Waals surface area contributed by atoms with Gasteiger partial charge in [-0.05, 0) is 55.9 Å². The summed E-state index contributed by atoms with van der Waals surface area (Å²) in [5.74, 6) is -0.254. The van der Waals surface area contributed by atoms with Gasteiger partial charge in [0.05, 0.1) is 4.90 Å². The molecule has 3 rings (SSSR count). The largest absolute Gasteiger partial charge is 0.354 e. The van der Waals surface area contributed by atoms with Gasteiger partial charge in [0.15, 0.2) is 0 Å². The van der Waals surface area contributed by atoms with E-state index in [0.29, 0.717) is 37.5 Å². The molecular weight excluding hydrogens is 474 g/mol. The number of rotatable bonds is 13. The van der Waals surface area contributed by atoms with Crippen LogP contribution >= 0.6 is 0 Å². The van der Waals surface area contributed by atoms with Crippen molar-refractivity contribution in [1.82, 2.24) is 14.5 Å². The third kappa shape index (κ3) is 7.64. The second-order valence-corrected chi connectivity index (χ2v) is 11.4. The number of aryl methyl sites for hydroxylation is 1. The van der Waals surface area contributed by atoms with Crippen molar-refractivity contribution in [3.63, 3.8) is 0 Å². The maximum Gasteiger partial charge on any atom is 0.243 e. The van der Waals surface area contributed by atoms with E-state index in [1.165, 1.54) is 4.31 Å². The second kappa shape index (κ2) is 13.6. The van der Waals surface area contributed by atoms with E-state index in [9.17, 15) is 18.0 Å². The molecule has 0 unspecified atom stereocenters. The Kier molecular flexibility index (Phi) is 10.5. The number of unbranched alkanes of at least 4 members (excludes halogenated alkanes) is 2. The van der Waals surface area contributed by atoms with Crippen LogP contribution in [-0.2, 0) is 32.6 Å². The van der Waals surface area contributed by atoms with Gasteiger partial charge in [-0.25, -0.2) is 8.42 Å². The Morgan fingerprint density at radius 1 is 0.972 bits per heavy atom. The first-order valence-corrected chi connectivity index (χ1v) is 14.5. The molecule has 2 aromatic carbocycles. The van der Waals surface area contributed by atoms with Gasteiger partial charge in [-0.3, -0.25) is 9.59 Å². The summed E-state index contributed by atoms with van der Waals surface area (Å²) in [6, 6.07) is 15.9. The Morgan fingerprint density at radius 2 is 1.64 bits per heavy atom. The molecule has 1 N–H and O–H groups in total. The fourth-order valence-electron chi connectivity index (χ4n) is 4.40. The fraction of sp³-hybridized carbons (Fsp3) is 0.500. The number of nitrogens with zero attached hydrogens (tertiary/aromatic N) is 2. The molecular formula is C28H39N3O4S. The van der Waals surface area contributed by atoms with Crippen LogP contribution in [0.25, 0.3) is 0 Å². The first-order chi connectivity index (χ1) is 17.3. The highest BCUT2D eigenvalue weighted by Crippen LogP contribution is 2.21.